The predicted molar refractivity (Wildman–Crippen MR) is 61.1 cm³/mol. The molecule has 7 heteroatoms. The Morgan fingerprint density at radius 3 is 2.82 bits per heavy atom. The highest BCUT2D eigenvalue weighted by atomic mass is 32.1. The third-order valence-electron chi connectivity index (χ3n) is 1.85. The highest BCUT2D eigenvalue weighted by molar-refractivity contribution is 7.13. The Kier molecular flexibility index (Phi) is 2.92. The van der Waals surface area contributed by atoms with E-state index in [1.807, 2.05) is 5.38 Å². The van der Waals surface area contributed by atoms with Gasteiger partial charge in [-0.05, 0) is 11.4 Å². The number of thiophene rings is 1. The van der Waals surface area contributed by atoms with Gasteiger partial charge in [0.05, 0.1) is 4.88 Å². The molecule has 88 valence electrons. The topological polar surface area (TPSA) is 92.4 Å². The maximum atomic E-state index is 10.9. The van der Waals surface area contributed by atoms with Crippen LogP contribution in [0, 0.1) is 0 Å². The van der Waals surface area contributed by atoms with Gasteiger partial charge in [0.25, 0.3) is 0 Å². The average Bonchev–Trinajstić information content (AvgIpc) is 2.82. The van der Waals surface area contributed by atoms with Crippen molar-refractivity contribution in [3.63, 3.8) is 0 Å². The number of anilines is 1. The van der Waals surface area contributed by atoms with Gasteiger partial charge < -0.3 is 9.52 Å². The van der Waals surface area contributed by atoms with E-state index in [4.69, 9.17) is 9.52 Å². The van der Waals surface area contributed by atoms with Gasteiger partial charge >= 0.3 is 5.97 Å². The molecule has 0 atom stereocenters. The van der Waals surface area contributed by atoms with E-state index < -0.39 is 11.9 Å². The first-order valence-corrected chi connectivity index (χ1v) is 5.51. The summed E-state index contributed by atoms with van der Waals surface area (Å²) < 4.78 is 5.22. The molecule has 1 amide bonds. The van der Waals surface area contributed by atoms with Crippen LogP contribution in [0.3, 0.4) is 0 Å². The van der Waals surface area contributed by atoms with E-state index in [-0.39, 0.29) is 17.5 Å². The normalized spacial score (nSPS) is 10.2. The van der Waals surface area contributed by atoms with E-state index in [1.165, 1.54) is 18.3 Å². The molecule has 2 rings (SSSR count). The van der Waals surface area contributed by atoms with Crippen LogP contribution >= 0.6 is 11.3 Å². The summed E-state index contributed by atoms with van der Waals surface area (Å²) in [5.41, 5.74) is -0.302. The smallest absolute Gasteiger partial charge is 0.360 e. The molecule has 2 N–H and O–H groups in total. The van der Waals surface area contributed by atoms with Crippen molar-refractivity contribution in [2.24, 2.45) is 0 Å². The van der Waals surface area contributed by atoms with Crippen molar-refractivity contribution in [3.05, 3.63) is 23.2 Å². The number of hydrogen-bond acceptors (Lipinski definition) is 5. The third kappa shape index (κ3) is 2.34. The van der Waals surface area contributed by atoms with Gasteiger partial charge in [0.15, 0.2) is 0 Å². The van der Waals surface area contributed by atoms with Gasteiger partial charge in [-0.3, -0.25) is 10.1 Å². The summed E-state index contributed by atoms with van der Waals surface area (Å²) in [5.74, 6) is -1.63. The van der Waals surface area contributed by atoms with E-state index in [0.717, 1.165) is 0 Å². The lowest BCUT2D eigenvalue weighted by molar-refractivity contribution is -0.114. The van der Waals surface area contributed by atoms with Crippen LogP contribution in [0.5, 0.6) is 0 Å². The number of carbonyl (C=O) groups is 2. The van der Waals surface area contributed by atoms with E-state index >= 15 is 0 Å². The molecule has 0 radical (unpaired) electrons. The van der Waals surface area contributed by atoms with Gasteiger partial charge in [-0.25, -0.2) is 4.79 Å². The minimum Gasteiger partial charge on any atom is -0.476 e. The van der Waals surface area contributed by atoms with E-state index in [1.54, 1.807) is 12.1 Å². The SMILES string of the molecule is CC(=O)Nc1oc(-c2cccs2)nc1C(=O)O. The first-order valence-electron chi connectivity index (χ1n) is 4.63. The molecule has 0 unspecified atom stereocenters. The molecule has 0 bridgehead atoms. The number of carbonyl (C=O) groups excluding carboxylic acids is 1. The maximum absolute atomic E-state index is 10.9. The van der Waals surface area contributed by atoms with Gasteiger partial charge in [-0.1, -0.05) is 6.07 Å². The van der Waals surface area contributed by atoms with Gasteiger partial charge in [0, 0.05) is 6.92 Å². The molecule has 0 fully saturated rings. The van der Waals surface area contributed by atoms with Crippen molar-refractivity contribution in [2.45, 2.75) is 6.92 Å². The second-order valence-electron chi connectivity index (χ2n) is 3.16. The molecule has 0 aromatic carbocycles. The maximum Gasteiger partial charge on any atom is 0.360 e. The van der Waals surface area contributed by atoms with E-state index in [0.29, 0.717) is 4.88 Å². The van der Waals surface area contributed by atoms with Crippen LogP contribution in [0.15, 0.2) is 21.9 Å². The molecule has 0 aliphatic heterocycles. The third-order valence-corrected chi connectivity index (χ3v) is 2.71. The average molecular weight is 252 g/mol. The van der Waals surface area contributed by atoms with Gasteiger partial charge in [0.1, 0.15) is 0 Å². The summed E-state index contributed by atoms with van der Waals surface area (Å²) in [5, 5.41) is 13.0. The van der Waals surface area contributed by atoms with Crippen molar-refractivity contribution in [1.29, 1.82) is 0 Å². The molecule has 2 aromatic rings. The quantitative estimate of drug-likeness (QED) is 0.872. The van der Waals surface area contributed by atoms with Gasteiger partial charge in [-0.2, -0.15) is 4.98 Å². The summed E-state index contributed by atoms with van der Waals surface area (Å²) in [6, 6.07) is 3.54. The zero-order valence-electron chi connectivity index (χ0n) is 8.76. The first kappa shape index (κ1) is 11.3. The second-order valence-corrected chi connectivity index (χ2v) is 4.11. The van der Waals surface area contributed by atoms with Crippen LogP contribution in [0.1, 0.15) is 17.4 Å². The largest absolute Gasteiger partial charge is 0.476 e. The number of carboxylic acid groups (broad SMARTS) is 1. The summed E-state index contributed by atoms with van der Waals surface area (Å²) in [6.07, 6.45) is 0. The predicted octanol–water partition coefficient (Wildman–Crippen LogP) is 2.06. The fourth-order valence-electron chi connectivity index (χ4n) is 1.22. The Bertz CT molecular complexity index is 559. The molecule has 6 nitrogen and oxygen atoms in total. The van der Waals surface area contributed by atoms with Gasteiger partial charge in [-0.15, -0.1) is 11.3 Å². The van der Waals surface area contributed by atoms with Crippen LogP contribution in [-0.2, 0) is 4.79 Å². The van der Waals surface area contributed by atoms with Crippen LogP contribution in [0.2, 0.25) is 0 Å². The lowest BCUT2D eigenvalue weighted by atomic mass is 10.4. The number of hydrogen-bond donors (Lipinski definition) is 2. The van der Waals surface area contributed by atoms with Crippen LogP contribution in [0.25, 0.3) is 10.8 Å². The Morgan fingerprint density at radius 1 is 1.53 bits per heavy atom. The van der Waals surface area contributed by atoms with Crippen molar-refractivity contribution >= 4 is 29.1 Å². The molecule has 0 spiro atoms. The molecule has 0 saturated carbocycles. The van der Waals surface area contributed by atoms with Crippen molar-refractivity contribution in [3.8, 4) is 10.8 Å². The number of amides is 1. The molecule has 0 saturated heterocycles. The lowest BCUT2D eigenvalue weighted by Crippen LogP contribution is -2.09. The summed E-state index contributed by atoms with van der Waals surface area (Å²) in [4.78, 5) is 26.3. The number of aromatic carboxylic acids is 1. The van der Waals surface area contributed by atoms with Crippen LogP contribution in [0.4, 0.5) is 5.88 Å². The fourth-order valence-corrected chi connectivity index (χ4v) is 1.86. The minimum atomic E-state index is -1.25. The minimum absolute atomic E-state index is 0.145. The fraction of sp³-hybridized carbons (Fsp3) is 0.100. The highest BCUT2D eigenvalue weighted by Gasteiger charge is 2.21. The zero-order chi connectivity index (χ0) is 12.4. The highest BCUT2D eigenvalue weighted by Crippen LogP contribution is 2.28. The molecule has 0 aliphatic rings. The molecule has 2 aromatic heterocycles. The molecule has 0 aliphatic carbocycles. The number of aromatic nitrogens is 1. The molecule has 17 heavy (non-hydrogen) atoms. The Morgan fingerprint density at radius 2 is 2.29 bits per heavy atom. The summed E-state index contributed by atoms with van der Waals surface area (Å²) >= 11 is 1.37. The molecular formula is C10H8N2O4S. The van der Waals surface area contributed by atoms with Crippen molar-refractivity contribution < 1.29 is 19.1 Å². The number of oxazole rings is 1. The summed E-state index contributed by atoms with van der Waals surface area (Å²) in [7, 11) is 0. The Balaban J connectivity index is 2.44. The first-order chi connectivity index (χ1) is 8.08. The monoisotopic (exact) mass is 252 g/mol. The van der Waals surface area contributed by atoms with E-state index in [2.05, 4.69) is 10.3 Å². The number of nitrogens with zero attached hydrogens (tertiary/aromatic N) is 1. The van der Waals surface area contributed by atoms with Crippen LogP contribution < -0.4 is 5.32 Å². The van der Waals surface area contributed by atoms with Crippen LogP contribution in [-0.4, -0.2) is 22.0 Å². The molecule has 2 heterocycles. The Labute approximate surface area is 99.9 Å². The van der Waals surface area contributed by atoms with E-state index in [9.17, 15) is 9.59 Å². The summed E-state index contributed by atoms with van der Waals surface area (Å²) in [6.45, 7) is 1.26. The standard InChI is InChI=1S/C10H8N2O4S/c1-5(13)11-9-7(10(14)15)12-8(16-9)6-3-2-4-17-6/h2-4H,1H3,(H,11,13)(H,14,15). The number of nitrogens with one attached hydrogen (secondary N) is 1. The number of rotatable bonds is 3. The molecular weight excluding hydrogens is 244 g/mol. The zero-order valence-corrected chi connectivity index (χ0v) is 9.58. The van der Waals surface area contributed by atoms with Crippen molar-refractivity contribution in [2.75, 3.05) is 5.32 Å². The Hall–Kier alpha value is -2.15. The van der Waals surface area contributed by atoms with Gasteiger partial charge in [0.2, 0.25) is 23.4 Å². The second kappa shape index (κ2) is 4.38. The number of carboxylic acids is 1. The van der Waals surface area contributed by atoms with Crippen molar-refractivity contribution in [1.82, 2.24) is 4.98 Å². The lowest BCUT2D eigenvalue weighted by Gasteiger charge is -1.95.